The highest BCUT2D eigenvalue weighted by atomic mass is 16.3. The number of amides is 8. The molecule has 80 heavy (non-hydrogen) atoms. The summed E-state index contributed by atoms with van der Waals surface area (Å²) in [6.07, 6.45) is 1.75. The molecule has 1 rings (SSSR count). The molecule has 1 heterocycles. The van der Waals surface area contributed by atoms with Crippen LogP contribution in [-0.4, -0.2) is 169 Å². The van der Waals surface area contributed by atoms with Crippen LogP contribution in [0.5, 0.6) is 0 Å². The average molecular weight is 1140 g/mol. The summed E-state index contributed by atoms with van der Waals surface area (Å²) in [5, 5.41) is 41.7. The molecular formula is C54H99N13O13. The molecule has 0 aromatic heterocycles. The van der Waals surface area contributed by atoms with Crippen LogP contribution in [0, 0.1) is 29.6 Å². The minimum atomic E-state index is -1.65. The van der Waals surface area contributed by atoms with Gasteiger partial charge in [-0.3, -0.25) is 52.7 Å². The summed E-state index contributed by atoms with van der Waals surface area (Å²) in [5.41, 5.74) is 29.3. The smallest absolute Gasteiger partial charge is 0.245 e. The Kier molecular flexibility index (Phi) is 36.1. The average Bonchev–Trinajstić information content (AvgIpc) is 3.39. The fraction of sp³-hybridized carbons (Fsp3) is 0.796. The number of rotatable bonds is 31. The highest BCUT2D eigenvalue weighted by molar-refractivity contribution is 5.99. The minimum Gasteiger partial charge on any atom is -0.394 e. The fourth-order valence-corrected chi connectivity index (χ4v) is 9.32. The topological polar surface area (TPSA) is 455 Å². The van der Waals surface area contributed by atoms with Crippen LogP contribution in [-0.2, 0) is 52.7 Å². The van der Waals surface area contributed by atoms with Crippen molar-refractivity contribution in [2.45, 2.75) is 199 Å². The lowest BCUT2D eigenvalue weighted by molar-refractivity contribution is -0.137. The van der Waals surface area contributed by atoms with Crippen LogP contribution in [0.2, 0.25) is 0 Å². The van der Waals surface area contributed by atoms with Gasteiger partial charge in [-0.1, -0.05) is 60.3 Å². The number of Topliss-reactive ketones (excluding diaryl/α,β-unsaturated/α-hetero) is 3. The van der Waals surface area contributed by atoms with E-state index < -0.39 is 157 Å². The summed E-state index contributed by atoms with van der Waals surface area (Å²) in [7, 11) is 0. The second kappa shape index (κ2) is 39.8. The summed E-state index contributed by atoms with van der Waals surface area (Å²) in [6.45, 7) is 8.91. The molecule has 26 nitrogen and oxygen atoms in total. The summed E-state index contributed by atoms with van der Waals surface area (Å²) >= 11 is 0. The molecule has 11 atom stereocenters. The van der Waals surface area contributed by atoms with E-state index in [1.54, 1.807) is 0 Å². The first-order valence-electron chi connectivity index (χ1n) is 28.7. The molecule has 8 amide bonds. The maximum absolute atomic E-state index is 14.4. The van der Waals surface area contributed by atoms with E-state index in [4.69, 9.17) is 28.7 Å². The summed E-state index contributed by atoms with van der Waals surface area (Å²) < 4.78 is 0. The lowest BCUT2D eigenvalue weighted by atomic mass is 9.88. The maximum atomic E-state index is 14.4. The molecule has 458 valence electrons. The predicted molar refractivity (Wildman–Crippen MR) is 300 cm³/mol. The molecule has 0 aromatic rings. The van der Waals surface area contributed by atoms with Gasteiger partial charge in [0.2, 0.25) is 47.3 Å². The van der Waals surface area contributed by atoms with Crippen LogP contribution in [0.3, 0.4) is 0 Å². The van der Waals surface area contributed by atoms with Gasteiger partial charge >= 0.3 is 0 Å². The molecule has 0 saturated carbocycles. The van der Waals surface area contributed by atoms with Crippen molar-refractivity contribution in [2.75, 3.05) is 45.9 Å². The number of ketones is 3. The molecular weight excluding hydrogens is 1040 g/mol. The Balaban J connectivity index is 3.79. The molecule has 0 bridgehead atoms. The fourth-order valence-electron chi connectivity index (χ4n) is 9.32. The zero-order valence-corrected chi connectivity index (χ0v) is 48.2. The van der Waals surface area contributed by atoms with Crippen LogP contribution < -0.4 is 71.2 Å². The van der Waals surface area contributed by atoms with Gasteiger partial charge in [0.05, 0.1) is 18.8 Å². The van der Waals surface area contributed by atoms with E-state index >= 15 is 0 Å². The Morgan fingerprint density at radius 1 is 0.600 bits per heavy atom. The van der Waals surface area contributed by atoms with Crippen molar-refractivity contribution in [3.8, 4) is 0 Å². The molecule has 0 unspecified atom stereocenters. The summed E-state index contributed by atoms with van der Waals surface area (Å²) in [6, 6.07) is -9.95. The number of aliphatic hydroxyl groups excluding tert-OH is 2. The normalized spacial score (nSPS) is 23.1. The van der Waals surface area contributed by atoms with E-state index in [0.717, 1.165) is 25.7 Å². The second-order valence-corrected chi connectivity index (χ2v) is 21.8. The summed E-state index contributed by atoms with van der Waals surface area (Å²) in [4.78, 5) is 153. The summed E-state index contributed by atoms with van der Waals surface area (Å²) in [5.74, 6) is -11.6. The van der Waals surface area contributed by atoms with E-state index in [0.29, 0.717) is 6.42 Å². The predicted octanol–water partition coefficient (Wildman–Crippen LogP) is -2.80. The number of aliphatic hydroxyl groups is 2. The number of carbonyl (C=O) groups is 11. The molecule has 1 aliphatic heterocycles. The van der Waals surface area contributed by atoms with E-state index in [-0.39, 0.29) is 108 Å². The van der Waals surface area contributed by atoms with Crippen LogP contribution in [0.1, 0.15) is 151 Å². The standard InChI is InChI=1S/C54H99N13O13/c1-7-8-9-10-11-12-37(70)27-34(13-19-55)47(73)66-43(30-68)45(72)28-35(14-20-56)48(74)62-41-18-24-60-54(80)46(33(6)69)67-52(78)40(17-23-59)63-50(76)39(16-22-58)64-53(79)42(26-32(4)5)65-49(75)36(25-31(2)3)29-44(71)38(15-21-57)61-51(41)77/h31-36,38-43,46,68-69H,7-30,55-59H2,1-6H3,(H,60,80)(H,61,77)(H,62,74)(H,63,76)(H,64,79)(H,65,75)(H,66,73)(H,67,78)/t33-,34-,35-,36+,38+,39+,40+,41+,42+,43+,46+/m1/s1. The molecule has 1 fully saturated rings. The quantitative estimate of drug-likeness (QED) is 0.0312. The second-order valence-electron chi connectivity index (χ2n) is 21.8. The molecule has 26 heteroatoms. The Bertz CT molecular complexity index is 1990. The van der Waals surface area contributed by atoms with Crippen LogP contribution in [0.25, 0.3) is 0 Å². The van der Waals surface area contributed by atoms with Gasteiger partial charge in [-0.05, 0) is 109 Å². The number of nitrogens with one attached hydrogen (secondary N) is 8. The molecule has 0 aliphatic carbocycles. The molecule has 0 spiro atoms. The van der Waals surface area contributed by atoms with Gasteiger partial charge < -0.3 is 81.4 Å². The maximum Gasteiger partial charge on any atom is 0.245 e. The Morgan fingerprint density at radius 2 is 1.11 bits per heavy atom. The van der Waals surface area contributed by atoms with Crippen molar-refractivity contribution in [1.29, 1.82) is 0 Å². The number of unbranched alkanes of at least 4 members (excludes halogenated alkanes) is 4. The van der Waals surface area contributed by atoms with Crippen LogP contribution in [0.4, 0.5) is 0 Å². The van der Waals surface area contributed by atoms with Gasteiger partial charge in [0.25, 0.3) is 0 Å². The third-order valence-corrected chi connectivity index (χ3v) is 13.8. The van der Waals surface area contributed by atoms with Gasteiger partial charge in [0.1, 0.15) is 42.0 Å². The van der Waals surface area contributed by atoms with Crippen molar-refractivity contribution in [3.05, 3.63) is 0 Å². The molecule has 0 radical (unpaired) electrons. The van der Waals surface area contributed by atoms with E-state index in [1.807, 2.05) is 27.7 Å². The van der Waals surface area contributed by atoms with Gasteiger partial charge in [0, 0.05) is 50.0 Å². The van der Waals surface area contributed by atoms with Crippen LogP contribution in [0.15, 0.2) is 0 Å². The molecule has 20 N–H and O–H groups in total. The number of hydrogen-bond donors (Lipinski definition) is 15. The largest absolute Gasteiger partial charge is 0.394 e. The lowest BCUT2D eigenvalue weighted by Crippen LogP contribution is -2.60. The molecule has 0 aromatic carbocycles. The van der Waals surface area contributed by atoms with Gasteiger partial charge in [-0.15, -0.1) is 0 Å². The SMILES string of the molecule is CCCCCCCC(=O)C[C@@H](CCN)C(=O)N[C@@H](CO)C(=O)C[C@@H](CCN)C(=O)N[C@H]1CCNC(=O)[C@H]([C@@H](C)O)NC(=O)[C@H](CCN)NC(=O)[C@H](CCN)NC(=O)[C@H](CC(C)C)NC(=O)[C@@H](CC(C)C)CC(=O)[C@H](CCN)NC1=O. The number of hydrogen-bond acceptors (Lipinski definition) is 18. The van der Waals surface area contributed by atoms with Crippen molar-refractivity contribution in [2.24, 2.45) is 58.3 Å². The highest BCUT2D eigenvalue weighted by Gasteiger charge is 2.37. The first-order chi connectivity index (χ1) is 37.9. The van der Waals surface area contributed by atoms with Gasteiger partial charge in [-0.2, -0.15) is 0 Å². The first kappa shape index (κ1) is 72.5. The van der Waals surface area contributed by atoms with Gasteiger partial charge in [0.15, 0.2) is 11.6 Å². The molecule has 1 aliphatic rings. The van der Waals surface area contributed by atoms with Crippen molar-refractivity contribution < 1.29 is 63.0 Å². The van der Waals surface area contributed by atoms with E-state index in [2.05, 4.69) is 49.5 Å². The van der Waals surface area contributed by atoms with Crippen molar-refractivity contribution in [3.63, 3.8) is 0 Å². The number of carbonyl (C=O) groups excluding carboxylic acids is 11. The van der Waals surface area contributed by atoms with E-state index in [9.17, 15) is 63.0 Å². The van der Waals surface area contributed by atoms with Gasteiger partial charge in [-0.25, -0.2) is 0 Å². The monoisotopic (exact) mass is 1140 g/mol. The first-order valence-corrected chi connectivity index (χ1v) is 28.7. The van der Waals surface area contributed by atoms with E-state index in [1.165, 1.54) is 6.92 Å². The zero-order valence-electron chi connectivity index (χ0n) is 48.2. The Morgan fingerprint density at radius 3 is 1.64 bits per heavy atom. The lowest BCUT2D eigenvalue weighted by Gasteiger charge is -2.28. The van der Waals surface area contributed by atoms with Crippen molar-refractivity contribution >= 4 is 64.6 Å². The third-order valence-electron chi connectivity index (χ3n) is 13.8. The van der Waals surface area contributed by atoms with Crippen molar-refractivity contribution in [1.82, 2.24) is 42.5 Å². The zero-order chi connectivity index (χ0) is 60.5. The molecule has 1 saturated heterocycles. The highest BCUT2D eigenvalue weighted by Crippen LogP contribution is 2.21. The number of nitrogens with two attached hydrogens (primary N) is 5. The van der Waals surface area contributed by atoms with Crippen LogP contribution >= 0.6 is 0 Å². The minimum absolute atomic E-state index is 0.0682. The third kappa shape index (κ3) is 27.3. The Labute approximate surface area is 472 Å². The Hall–Kier alpha value is -5.51.